The van der Waals surface area contributed by atoms with Gasteiger partial charge in [0.05, 0.1) is 6.61 Å². The molecule has 0 aliphatic heterocycles. The Morgan fingerprint density at radius 3 is 2.76 bits per heavy atom. The average Bonchev–Trinajstić information content (AvgIpc) is 3.01. The monoisotopic (exact) mass is 240 g/mol. The van der Waals surface area contributed by atoms with Crippen LogP contribution in [-0.2, 0) is 7.05 Å². The SMILES string of the molecule is Cc1nc([N+](=O)[O-])c(NCC2(CO)CC2)n1C. The highest BCUT2D eigenvalue weighted by Crippen LogP contribution is 2.45. The number of nitrogens with one attached hydrogen (secondary N) is 1. The molecule has 1 aromatic heterocycles. The molecule has 1 saturated carbocycles. The first kappa shape index (κ1) is 11.8. The van der Waals surface area contributed by atoms with E-state index < -0.39 is 4.92 Å². The largest absolute Gasteiger partial charge is 0.406 e. The molecule has 1 heterocycles. The van der Waals surface area contributed by atoms with Gasteiger partial charge in [-0.05, 0) is 22.7 Å². The summed E-state index contributed by atoms with van der Waals surface area (Å²) in [6.07, 6.45) is 1.92. The lowest BCUT2D eigenvalue weighted by Gasteiger charge is -2.13. The second kappa shape index (κ2) is 3.99. The van der Waals surface area contributed by atoms with Crippen molar-refractivity contribution in [3.8, 4) is 0 Å². The van der Waals surface area contributed by atoms with E-state index in [-0.39, 0.29) is 17.8 Å². The van der Waals surface area contributed by atoms with E-state index in [9.17, 15) is 15.2 Å². The van der Waals surface area contributed by atoms with Crippen LogP contribution in [0.1, 0.15) is 18.7 Å². The predicted molar refractivity (Wildman–Crippen MR) is 61.8 cm³/mol. The number of hydrogen-bond acceptors (Lipinski definition) is 5. The highest BCUT2D eigenvalue weighted by atomic mass is 16.6. The van der Waals surface area contributed by atoms with Crippen molar-refractivity contribution in [3.05, 3.63) is 15.9 Å². The Morgan fingerprint density at radius 2 is 2.29 bits per heavy atom. The lowest BCUT2D eigenvalue weighted by atomic mass is 10.1. The molecule has 0 spiro atoms. The molecule has 0 amide bonds. The van der Waals surface area contributed by atoms with E-state index in [1.165, 1.54) is 0 Å². The number of hydrogen-bond donors (Lipinski definition) is 2. The number of anilines is 1. The molecule has 17 heavy (non-hydrogen) atoms. The summed E-state index contributed by atoms with van der Waals surface area (Å²) in [5.74, 6) is 0.846. The number of aromatic nitrogens is 2. The second-order valence-electron chi connectivity index (χ2n) is 4.66. The highest BCUT2D eigenvalue weighted by Gasteiger charge is 2.42. The van der Waals surface area contributed by atoms with Crippen molar-refractivity contribution in [2.75, 3.05) is 18.5 Å². The molecule has 0 unspecified atom stereocenters. The van der Waals surface area contributed by atoms with E-state index in [0.29, 0.717) is 18.2 Å². The molecule has 0 aromatic carbocycles. The second-order valence-corrected chi connectivity index (χ2v) is 4.66. The van der Waals surface area contributed by atoms with E-state index in [1.54, 1.807) is 18.5 Å². The fraction of sp³-hybridized carbons (Fsp3) is 0.700. The molecule has 1 aliphatic rings. The van der Waals surface area contributed by atoms with E-state index in [4.69, 9.17) is 0 Å². The van der Waals surface area contributed by atoms with Gasteiger partial charge in [-0.1, -0.05) is 0 Å². The third-order valence-electron chi connectivity index (χ3n) is 3.40. The van der Waals surface area contributed by atoms with Gasteiger partial charge in [0.15, 0.2) is 0 Å². The van der Waals surface area contributed by atoms with Crippen LogP contribution in [0.2, 0.25) is 0 Å². The summed E-state index contributed by atoms with van der Waals surface area (Å²) in [6.45, 7) is 2.38. The number of nitrogens with zero attached hydrogens (tertiary/aromatic N) is 3. The van der Waals surface area contributed by atoms with Crippen molar-refractivity contribution in [1.82, 2.24) is 9.55 Å². The standard InChI is InChI=1S/C10H16N4O3/c1-7-12-9(14(16)17)8(13(7)2)11-5-10(6-15)3-4-10/h11,15H,3-6H2,1-2H3. The van der Waals surface area contributed by atoms with Gasteiger partial charge in [0.2, 0.25) is 11.6 Å². The van der Waals surface area contributed by atoms with Crippen molar-refractivity contribution in [2.45, 2.75) is 19.8 Å². The van der Waals surface area contributed by atoms with Crippen LogP contribution >= 0.6 is 0 Å². The molecule has 7 heteroatoms. The van der Waals surface area contributed by atoms with Gasteiger partial charge in [0.1, 0.15) is 0 Å². The van der Waals surface area contributed by atoms with Crippen LogP contribution in [-0.4, -0.2) is 32.7 Å². The molecule has 1 aromatic rings. The minimum Gasteiger partial charge on any atom is -0.396 e. The molecule has 0 saturated heterocycles. The molecule has 0 bridgehead atoms. The van der Waals surface area contributed by atoms with E-state index in [0.717, 1.165) is 12.8 Å². The van der Waals surface area contributed by atoms with Crippen LogP contribution < -0.4 is 5.32 Å². The molecule has 0 radical (unpaired) electrons. The van der Waals surface area contributed by atoms with Crippen LogP contribution in [0.5, 0.6) is 0 Å². The Labute approximate surface area is 98.6 Å². The molecule has 94 valence electrons. The third-order valence-corrected chi connectivity index (χ3v) is 3.40. The van der Waals surface area contributed by atoms with Gasteiger partial charge in [0, 0.05) is 25.9 Å². The molecule has 2 N–H and O–H groups in total. The highest BCUT2D eigenvalue weighted by molar-refractivity contribution is 5.53. The first-order chi connectivity index (χ1) is 7.99. The molecule has 7 nitrogen and oxygen atoms in total. The van der Waals surface area contributed by atoms with Crippen molar-refractivity contribution in [3.63, 3.8) is 0 Å². The van der Waals surface area contributed by atoms with Crippen LogP contribution in [0.3, 0.4) is 0 Å². The Bertz CT molecular complexity index is 451. The van der Waals surface area contributed by atoms with Crippen molar-refractivity contribution >= 4 is 11.6 Å². The van der Waals surface area contributed by atoms with Gasteiger partial charge in [0.25, 0.3) is 0 Å². The van der Waals surface area contributed by atoms with Crippen LogP contribution in [0, 0.1) is 22.5 Å². The quantitative estimate of drug-likeness (QED) is 0.587. The maximum Gasteiger partial charge on any atom is 0.406 e. The topological polar surface area (TPSA) is 93.2 Å². The summed E-state index contributed by atoms with van der Waals surface area (Å²) >= 11 is 0. The van der Waals surface area contributed by atoms with Crippen molar-refractivity contribution in [2.24, 2.45) is 12.5 Å². The summed E-state index contributed by atoms with van der Waals surface area (Å²) in [7, 11) is 1.73. The summed E-state index contributed by atoms with van der Waals surface area (Å²) in [5.41, 5.74) is -0.0912. The molecule has 1 fully saturated rings. The van der Waals surface area contributed by atoms with Crippen LogP contribution in [0.25, 0.3) is 0 Å². The van der Waals surface area contributed by atoms with Gasteiger partial charge >= 0.3 is 5.82 Å². The normalized spacial score (nSPS) is 16.9. The summed E-state index contributed by atoms with van der Waals surface area (Å²) < 4.78 is 1.66. The number of aliphatic hydroxyl groups excluding tert-OH is 1. The zero-order valence-corrected chi connectivity index (χ0v) is 9.93. The smallest absolute Gasteiger partial charge is 0.396 e. The molecular formula is C10H16N4O3. The molecule has 1 aliphatic carbocycles. The van der Waals surface area contributed by atoms with Gasteiger partial charge in [-0.3, -0.25) is 4.57 Å². The lowest BCUT2D eigenvalue weighted by Crippen LogP contribution is -2.20. The van der Waals surface area contributed by atoms with Gasteiger partial charge in [-0.2, -0.15) is 0 Å². The number of rotatable bonds is 5. The van der Waals surface area contributed by atoms with Crippen LogP contribution in [0.4, 0.5) is 11.6 Å². The number of nitro groups is 1. The number of aliphatic hydroxyl groups is 1. The Kier molecular flexibility index (Phi) is 2.78. The average molecular weight is 240 g/mol. The lowest BCUT2D eigenvalue weighted by molar-refractivity contribution is -0.388. The Morgan fingerprint density at radius 1 is 1.65 bits per heavy atom. The summed E-state index contributed by atoms with van der Waals surface area (Å²) in [4.78, 5) is 14.2. The summed E-state index contributed by atoms with van der Waals surface area (Å²) in [6, 6.07) is 0. The summed E-state index contributed by atoms with van der Waals surface area (Å²) in [5, 5.41) is 23.1. The predicted octanol–water partition coefficient (Wildman–Crippen LogP) is 0.821. The zero-order valence-electron chi connectivity index (χ0n) is 9.93. The minimum absolute atomic E-state index is 0.0912. The first-order valence-electron chi connectivity index (χ1n) is 5.51. The van der Waals surface area contributed by atoms with Crippen molar-refractivity contribution < 1.29 is 10.0 Å². The van der Waals surface area contributed by atoms with E-state index in [2.05, 4.69) is 10.3 Å². The molecule has 0 atom stereocenters. The van der Waals surface area contributed by atoms with Gasteiger partial charge < -0.3 is 20.5 Å². The Hall–Kier alpha value is -1.63. The number of aryl methyl sites for hydroxylation is 1. The van der Waals surface area contributed by atoms with E-state index >= 15 is 0 Å². The fourth-order valence-corrected chi connectivity index (χ4v) is 1.76. The zero-order chi connectivity index (χ0) is 12.6. The van der Waals surface area contributed by atoms with Crippen molar-refractivity contribution in [1.29, 1.82) is 0 Å². The fourth-order valence-electron chi connectivity index (χ4n) is 1.76. The van der Waals surface area contributed by atoms with E-state index in [1.807, 2.05) is 0 Å². The maximum atomic E-state index is 10.8. The minimum atomic E-state index is -0.492. The first-order valence-corrected chi connectivity index (χ1v) is 5.51. The Balaban J connectivity index is 2.17. The van der Waals surface area contributed by atoms with Crippen LogP contribution in [0.15, 0.2) is 0 Å². The van der Waals surface area contributed by atoms with Gasteiger partial charge in [-0.15, -0.1) is 0 Å². The van der Waals surface area contributed by atoms with Gasteiger partial charge in [-0.25, -0.2) is 0 Å². The molecule has 2 rings (SSSR count). The maximum absolute atomic E-state index is 10.8. The molecular weight excluding hydrogens is 224 g/mol. The third kappa shape index (κ3) is 2.10. The number of imidazole rings is 1.